The summed E-state index contributed by atoms with van der Waals surface area (Å²) in [6, 6.07) is 8.89. The molecule has 4 heterocycles. The third-order valence-electron chi connectivity index (χ3n) is 11.6. The molecule has 10 nitrogen and oxygen atoms in total. The number of ether oxygens (including phenoxy) is 1. The molecule has 1 aromatic carbocycles. The van der Waals surface area contributed by atoms with Crippen molar-refractivity contribution in [2.24, 2.45) is 17.3 Å². The quantitative estimate of drug-likeness (QED) is 0.265. The average Bonchev–Trinajstić information content (AvgIpc) is 3.88. The first kappa shape index (κ1) is 36.7. The Kier molecular flexibility index (Phi) is 9.86. The van der Waals surface area contributed by atoms with Crippen LogP contribution in [0.15, 0.2) is 54.1 Å². The van der Waals surface area contributed by atoms with E-state index in [4.69, 9.17) is 9.72 Å². The number of amides is 2. The average molecular weight is 747 g/mol. The normalized spacial score (nSPS) is 28.7. The summed E-state index contributed by atoms with van der Waals surface area (Å²) in [5.74, 6) is -1.15. The number of thiazole rings is 1. The van der Waals surface area contributed by atoms with Gasteiger partial charge in [0.05, 0.1) is 33.5 Å². The van der Waals surface area contributed by atoms with E-state index < -0.39 is 38.2 Å². The van der Waals surface area contributed by atoms with Crippen molar-refractivity contribution in [3.8, 4) is 5.88 Å². The van der Waals surface area contributed by atoms with Gasteiger partial charge < -0.3 is 9.64 Å². The molecule has 2 amide bonds. The molecule has 4 aliphatic rings. The Balaban J connectivity index is 1.20. The van der Waals surface area contributed by atoms with Gasteiger partial charge in [-0.05, 0) is 68.9 Å². The molecular weight excluding hydrogens is 697 g/mol. The first-order chi connectivity index (χ1) is 24.7. The van der Waals surface area contributed by atoms with Crippen molar-refractivity contribution < 1.29 is 27.5 Å². The summed E-state index contributed by atoms with van der Waals surface area (Å²) in [7, 11) is -3.89. The van der Waals surface area contributed by atoms with Crippen molar-refractivity contribution in [1.82, 2.24) is 19.6 Å². The maximum Gasteiger partial charge on any atom is 0.240 e. The van der Waals surface area contributed by atoms with Crippen LogP contribution in [0.2, 0.25) is 0 Å². The molecule has 52 heavy (non-hydrogen) atoms. The summed E-state index contributed by atoms with van der Waals surface area (Å²) in [5.41, 5.74) is -0.297. The van der Waals surface area contributed by atoms with Crippen LogP contribution in [0.25, 0.3) is 10.8 Å². The maximum absolute atomic E-state index is 14.7. The number of carbonyl (C=O) groups is 3. The minimum atomic E-state index is -3.89. The van der Waals surface area contributed by atoms with E-state index in [9.17, 15) is 22.8 Å². The third kappa shape index (κ3) is 7.42. The molecule has 3 aromatic rings. The number of carbonyl (C=O) groups excluding carboxylic acids is 3. The molecule has 1 saturated heterocycles. The minimum Gasteiger partial charge on any atom is -0.472 e. The number of fused-ring (bicyclic) bond motifs is 3. The molecule has 0 radical (unpaired) electrons. The summed E-state index contributed by atoms with van der Waals surface area (Å²) < 4.78 is 34.3. The lowest BCUT2D eigenvalue weighted by atomic mass is 9.90. The highest BCUT2D eigenvalue weighted by Crippen LogP contribution is 2.57. The number of sulfonamides is 1. The zero-order valence-electron chi connectivity index (χ0n) is 30.6. The Bertz CT molecular complexity index is 1990. The fourth-order valence-corrected chi connectivity index (χ4v) is 10.2. The van der Waals surface area contributed by atoms with Crippen molar-refractivity contribution in [3.05, 3.63) is 64.8 Å². The number of hydrogen-bond donors (Lipinski definition) is 1. The summed E-state index contributed by atoms with van der Waals surface area (Å²) in [4.78, 5) is 54.3. The SMILES string of the molecule is CC(C)(C)c1csc(C[C@H]2CCCCC/C=C\[C@H]3C[C@@]3(C(=O)NS(=O)(=O)C3(C)CC3)CC(=O)[C@@H]3C[C@@H](Oc4nccc5ccccc45)CN3C2=O)n1. The lowest BCUT2D eigenvalue weighted by molar-refractivity contribution is -0.142. The second kappa shape index (κ2) is 14.0. The van der Waals surface area contributed by atoms with Crippen LogP contribution in [0.3, 0.4) is 0 Å². The zero-order valence-corrected chi connectivity index (χ0v) is 32.2. The Labute approximate surface area is 310 Å². The maximum atomic E-state index is 14.7. The summed E-state index contributed by atoms with van der Waals surface area (Å²) in [6.45, 7) is 8.22. The highest BCUT2D eigenvalue weighted by molar-refractivity contribution is 7.91. The number of pyridine rings is 1. The molecule has 3 fully saturated rings. The number of aromatic nitrogens is 2. The highest BCUT2D eigenvalue weighted by atomic mass is 32.2. The Morgan fingerprint density at radius 1 is 1.12 bits per heavy atom. The molecule has 0 bridgehead atoms. The van der Waals surface area contributed by atoms with Gasteiger partial charge in [-0.25, -0.2) is 18.4 Å². The molecule has 2 saturated carbocycles. The molecule has 0 spiro atoms. The molecule has 1 N–H and O–H groups in total. The van der Waals surface area contributed by atoms with Crippen LogP contribution in [0.5, 0.6) is 5.88 Å². The van der Waals surface area contributed by atoms with Gasteiger partial charge in [0.2, 0.25) is 27.7 Å². The minimum absolute atomic E-state index is 0.106. The number of nitrogens with zero attached hydrogens (tertiary/aromatic N) is 3. The van der Waals surface area contributed by atoms with Gasteiger partial charge in [0.25, 0.3) is 0 Å². The van der Waals surface area contributed by atoms with Crippen LogP contribution in [-0.2, 0) is 36.2 Å². The van der Waals surface area contributed by atoms with E-state index in [1.165, 1.54) is 0 Å². The van der Waals surface area contributed by atoms with E-state index in [0.717, 1.165) is 47.2 Å². The lowest BCUT2D eigenvalue weighted by Gasteiger charge is -2.29. The fourth-order valence-electron chi connectivity index (χ4n) is 7.72. The fraction of sp³-hybridized carbons (Fsp3) is 0.575. The van der Waals surface area contributed by atoms with Crippen molar-refractivity contribution >= 4 is 49.7 Å². The topological polar surface area (TPSA) is 136 Å². The van der Waals surface area contributed by atoms with E-state index >= 15 is 0 Å². The molecular formula is C40H50N4O6S2. The van der Waals surface area contributed by atoms with E-state index in [1.807, 2.05) is 36.4 Å². The van der Waals surface area contributed by atoms with Crippen molar-refractivity contribution in [1.29, 1.82) is 0 Å². The first-order valence-corrected chi connectivity index (χ1v) is 21.1. The van der Waals surface area contributed by atoms with Crippen molar-refractivity contribution in [2.75, 3.05) is 6.54 Å². The third-order valence-corrected chi connectivity index (χ3v) is 14.7. The second-order valence-corrected chi connectivity index (χ2v) is 19.8. The van der Waals surface area contributed by atoms with Crippen LogP contribution < -0.4 is 9.46 Å². The van der Waals surface area contributed by atoms with Gasteiger partial charge in [0.1, 0.15) is 6.10 Å². The monoisotopic (exact) mass is 746 g/mol. The number of allylic oxidation sites excluding steroid dienone is 2. The molecule has 0 unspecified atom stereocenters. The standard InChI is InChI=1S/C40H50N4O6S2/c1-38(2,3)33-25-51-34(42-33)20-27-13-8-6-5-7-9-14-28-22-40(28,37(47)43-52(48,49)39(4)17-18-39)23-32(45)31-21-29(24-44(31)36(27)46)50-35-30-15-11-10-12-26(30)16-19-41-35/h9-12,14-16,19,25,27-29,31H,5-8,13,17-18,20-24H2,1-4H3,(H,43,47)/b14-9-/t27-,28+,29-,31+,40-/m1/s1. The van der Waals surface area contributed by atoms with E-state index in [0.29, 0.717) is 38.0 Å². The number of Topliss-reactive ketones (excluding diaryl/α,β-unsaturated/α-hetero) is 1. The van der Waals surface area contributed by atoms with Gasteiger partial charge in [-0.3, -0.25) is 19.1 Å². The predicted molar refractivity (Wildman–Crippen MR) is 201 cm³/mol. The Hall–Kier alpha value is -3.64. The van der Waals surface area contributed by atoms with E-state index in [2.05, 4.69) is 41.9 Å². The number of rotatable bonds is 7. The van der Waals surface area contributed by atoms with Gasteiger partial charge in [0, 0.05) is 47.6 Å². The van der Waals surface area contributed by atoms with Crippen molar-refractivity contribution in [3.63, 3.8) is 0 Å². The Morgan fingerprint density at radius 2 is 1.90 bits per heavy atom. The van der Waals surface area contributed by atoms with Crippen LogP contribution >= 0.6 is 11.3 Å². The van der Waals surface area contributed by atoms with Gasteiger partial charge >= 0.3 is 0 Å². The second-order valence-electron chi connectivity index (χ2n) is 16.7. The van der Waals surface area contributed by atoms with Crippen molar-refractivity contribution in [2.45, 2.75) is 121 Å². The number of benzene rings is 1. The van der Waals surface area contributed by atoms with Gasteiger partial charge in [-0.1, -0.05) is 64.0 Å². The number of nitrogens with one attached hydrogen (secondary N) is 1. The molecule has 12 heteroatoms. The van der Waals surface area contributed by atoms with Crippen LogP contribution in [0.1, 0.15) is 103 Å². The smallest absolute Gasteiger partial charge is 0.240 e. The lowest BCUT2D eigenvalue weighted by Crippen LogP contribution is -2.47. The van der Waals surface area contributed by atoms with Crippen LogP contribution in [0, 0.1) is 17.3 Å². The van der Waals surface area contributed by atoms with E-state index in [1.54, 1.807) is 29.4 Å². The number of hydrogen-bond acceptors (Lipinski definition) is 9. The molecule has 2 aliphatic heterocycles. The summed E-state index contributed by atoms with van der Waals surface area (Å²) >= 11 is 1.57. The van der Waals surface area contributed by atoms with E-state index in [-0.39, 0.29) is 48.3 Å². The molecule has 278 valence electrons. The Morgan fingerprint density at radius 3 is 2.65 bits per heavy atom. The van der Waals surface area contributed by atoms with Gasteiger partial charge in [0.15, 0.2) is 5.78 Å². The van der Waals surface area contributed by atoms with Crippen LogP contribution in [-0.4, -0.2) is 64.3 Å². The highest BCUT2D eigenvalue weighted by Gasteiger charge is 2.62. The predicted octanol–water partition coefficient (Wildman–Crippen LogP) is 6.68. The molecule has 7 rings (SSSR count). The molecule has 5 atom stereocenters. The largest absolute Gasteiger partial charge is 0.472 e. The molecule has 2 aliphatic carbocycles. The number of ketones is 1. The van der Waals surface area contributed by atoms with Gasteiger partial charge in [-0.15, -0.1) is 11.3 Å². The van der Waals surface area contributed by atoms with Gasteiger partial charge in [-0.2, -0.15) is 0 Å². The first-order valence-electron chi connectivity index (χ1n) is 18.7. The summed E-state index contributed by atoms with van der Waals surface area (Å²) in [6.07, 6.45) is 11.4. The zero-order chi connectivity index (χ0) is 36.9. The molecule has 2 aromatic heterocycles. The summed E-state index contributed by atoms with van der Waals surface area (Å²) in [5, 5.41) is 4.79. The van der Waals surface area contributed by atoms with Crippen LogP contribution in [0.4, 0.5) is 0 Å².